The molecule has 1 N–H and O–H groups in total. The zero-order valence-corrected chi connectivity index (χ0v) is 11.1. The van der Waals surface area contributed by atoms with Crippen LogP contribution < -0.4 is 5.32 Å². The highest BCUT2D eigenvalue weighted by Gasteiger charge is 2.09. The van der Waals surface area contributed by atoms with Gasteiger partial charge in [0.2, 0.25) is 0 Å². The van der Waals surface area contributed by atoms with E-state index >= 15 is 0 Å². The molecule has 0 aliphatic heterocycles. The van der Waals surface area contributed by atoms with E-state index in [1.165, 1.54) is 6.07 Å². The van der Waals surface area contributed by atoms with Gasteiger partial charge in [0, 0.05) is 18.2 Å². The smallest absolute Gasteiger partial charge is 0.166 e. The minimum absolute atomic E-state index is 0.295. The molecule has 2 aromatic rings. The Hall–Kier alpha value is -1.74. The summed E-state index contributed by atoms with van der Waals surface area (Å²) in [6.07, 6.45) is 0. The van der Waals surface area contributed by atoms with E-state index in [1.807, 2.05) is 24.3 Å². The minimum Gasteiger partial charge on any atom is -0.310 e. The number of halogens is 2. The molecule has 2 rings (SSSR count). The molecule has 0 radical (unpaired) electrons. The van der Waals surface area contributed by atoms with Crippen molar-refractivity contribution in [3.63, 3.8) is 0 Å². The van der Waals surface area contributed by atoms with Crippen LogP contribution in [0.1, 0.15) is 19.4 Å². The molecule has 0 spiro atoms. The van der Waals surface area contributed by atoms with Gasteiger partial charge in [-0.05, 0) is 17.2 Å². The highest BCUT2D eigenvalue weighted by Crippen LogP contribution is 2.24. The third-order valence-electron chi connectivity index (χ3n) is 2.93. The number of hydrogen-bond donors (Lipinski definition) is 1. The third kappa shape index (κ3) is 3.38. The first-order valence-electron chi connectivity index (χ1n) is 6.34. The fourth-order valence-corrected chi connectivity index (χ4v) is 1.85. The van der Waals surface area contributed by atoms with Gasteiger partial charge >= 0.3 is 0 Å². The Labute approximate surface area is 112 Å². The molecule has 0 atom stereocenters. The maximum atomic E-state index is 13.7. The highest BCUT2D eigenvalue weighted by atomic mass is 19.2. The van der Waals surface area contributed by atoms with Crippen molar-refractivity contribution in [1.82, 2.24) is 5.32 Å². The van der Waals surface area contributed by atoms with Gasteiger partial charge in [-0.15, -0.1) is 0 Å². The molecule has 0 amide bonds. The number of nitrogens with one attached hydrogen (secondary N) is 1. The molecule has 0 aliphatic carbocycles. The van der Waals surface area contributed by atoms with Crippen molar-refractivity contribution in [2.24, 2.45) is 0 Å². The molecular weight excluding hydrogens is 244 g/mol. The quantitative estimate of drug-likeness (QED) is 0.872. The first-order chi connectivity index (χ1) is 9.08. The van der Waals surface area contributed by atoms with Crippen molar-refractivity contribution in [3.05, 3.63) is 59.7 Å². The molecule has 19 heavy (non-hydrogen) atoms. The molecule has 0 aromatic heterocycles. The summed E-state index contributed by atoms with van der Waals surface area (Å²) in [6, 6.07) is 12.1. The van der Waals surface area contributed by atoms with Crippen LogP contribution in [-0.4, -0.2) is 6.04 Å². The molecule has 3 heteroatoms. The molecule has 100 valence electrons. The first-order valence-corrected chi connectivity index (χ1v) is 6.34. The van der Waals surface area contributed by atoms with E-state index in [2.05, 4.69) is 19.2 Å². The zero-order chi connectivity index (χ0) is 13.8. The second kappa shape index (κ2) is 5.93. The topological polar surface area (TPSA) is 12.0 Å². The molecule has 0 heterocycles. The second-order valence-electron chi connectivity index (χ2n) is 4.83. The Balaban J connectivity index is 2.20. The van der Waals surface area contributed by atoms with Gasteiger partial charge in [0.25, 0.3) is 0 Å². The Bertz CT molecular complexity index is 547. The molecule has 2 aromatic carbocycles. The molecule has 0 aliphatic rings. The van der Waals surface area contributed by atoms with Gasteiger partial charge in [-0.1, -0.05) is 50.2 Å². The third-order valence-corrected chi connectivity index (χ3v) is 2.93. The lowest BCUT2D eigenvalue weighted by atomic mass is 10.0. The van der Waals surface area contributed by atoms with Crippen molar-refractivity contribution in [2.45, 2.75) is 26.4 Å². The summed E-state index contributed by atoms with van der Waals surface area (Å²) in [5.74, 6) is -1.61. The van der Waals surface area contributed by atoms with Crippen molar-refractivity contribution >= 4 is 0 Å². The maximum absolute atomic E-state index is 13.7. The average Bonchev–Trinajstić information content (AvgIpc) is 2.40. The van der Waals surface area contributed by atoms with Crippen LogP contribution in [0, 0.1) is 11.6 Å². The van der Waals surface area contributed by atoms with Crippen LogP contribution in [0.3, 0.4) is 0 Å². The van der Waals surface area contributed by atoms with Gasteiger partial charge in [-0.25, -0.2) is 8.78 Å². The predicted octanol–water partition coefficient (Wildman–Crippen LogP) is 4.13. The Kier molecular flexibility index (Phi) is 4.27. The summed E-state index contributed by atoms with van der Waals surface area (Å²) < 4.78 is 26.8. The van der Waals surface area contributed by atoms with Gasteiger partial charge in [0.05, 0.1) is 0 Å². The zero-order valence-electron chi connectivity index (χ0n) is 11.1. The lowest BCUT2D eigenvalue weighted by molar-refractivity contribution is 0.511. The SMILES string of the molecule is CC(C)NCc1ccc(-c2cccc(F)c2F)cc1. The second-order valence-corrected chi connectivity index (χ2v) is 4.83. The number of hydrogen-bond acceptors (Lipinski definition) is 1. The predicted molar refractivity (Wildman–Crippen MR) is 73.8 cm³/mol. The summed E-state index contributed by atoms with van der Waals surface area (Å²) in [7, 11) is 0. The standard InChI is InChI=1S/C16H17F2N/c1-11(2)19-10-12-6-8-13(9-7-12)14-4-3-5-15(17)16(14)18/h3-9,11,19H,10H2,1-2H3. The minimum atomic E-state index is -0.817. The Morgan fingerprint density at radius 3 is 2.32 bits per heavy atom. The van der Waals surface area contributed by atoms with Gasteiger partial charge in [-0.3, -0.25) is 0 Å². The lowest BCUT2D eigenvalue weighted by Gasteiger charge is -2.09. The highest BCUT2D eigenvalue weighted by molar-refractivity contribution is 5.64. The Morgan fingerprint density at radius 2 is 1.68 bits per heavy atom. The van der Waals surface area contributed by atoms with Crippen molar-refractivity contribution in [3.8, 4) is 11.1 Å². The number of benzene rings is 2. The fourth-order valence-electron chi connectivity index (χ4n) is 1.85. The van der Waals surface area contributed by atoms with Crippen molar-refractivity contribution in [1.29, 1.82) is 0 Å². The molecule has 0 saturated carbocycles. The van der Waals surface area contributed by atoms with Gasteiger partial charge in [0.1, 0.15) is 0 Å². The van der Waals surface area contributed by atoms with Gasteiger partial charge < -0.3 is 5.32 Å². The van der Waals surface area contributed by atoms with Crippen LogP contribution in [0.25, 0.3) is 11.1 Å². The van der Waals surface area contributed by atoms with Crippen LogP contribution in [0.4, 0.5) is 8.78 Å². The first kappa shape index (κ1) is 13.7. The fraction of sp³-hybridized carbons (Fsp3) is 0.250. The monoisotopic (exact) mass is 261 g/mol. The van der Waals surface area contributed by atoms with Crippen LogP contribution in [0.15, 0.2) is 42.5 Å². The largest absolute Gasteiger partial charge is 0.310 e. The van der Waals surface area contributed by atoms with Crippen molar-refractivity contribution < 1.29 is 8.78 Å². The molecule has 1 nitrogen and oxygen atoms in total. The average molecular weight is 261 g/mol. The van der Waals surface area contributed by atoms with E-state index in [0.29, 0.717) is 17.2 Å². The molecular formula is C16H17F2N. The summed E-state index contributed by atoms with van der Waals surface area (Å²) >= 11 is 0. The molecule has 0 unspecified atom stereocenters. The van der Waals surface area contributed by atoms with E-state index in [4.69, 9.17) is 0 Å². The normalized spacial score (nSPS) is 11.0. The van der Waals surface area contributed by atoms with E-state index in [9.17, 15) is 8.78 Å². The maximum Gasteiger partial charge on any atom is 0.166 e. The van der Waals surface area contributed by atoms with Crippen LogP contribution in [0.5, 0.6) is 0 Å². The lowest BCUT2D eigenvalue weighted by Crippen LogP contribution is -2.21. The van der Waals surface area contributed by atoms with Gasteiger partial charge in [-0.2, -0.15) is 0 Å². The van der Waals surface area contributed by atoms with Crippen LogP contribution in [-0.2, 0) is 6.54 Å². The van der Waals surface area contributed by atoms with Gasteiger partial charge in [0.15, 0.2) is 11.6 Å². The summed E-state index contributed by atoms with van der Waals surface area (Å²) in [4.78, 5) is 0. The van der Waals surface area contributed by atoms with E-state index in [1.54, 1.807) is 6.07 Å². The van der Waals surface area contributed by atoms with E-state index < -0.39 is 11.6 Å². The van der Waals surface area contributed by atoms with Crippen LogP contribution in [0.2, 0.25) is 0 Å². The summed E-state index contributed by atoms with van der Waals surface area (Å²) in [6.45, 7) is 4.93. The summed E-state index contributed by atoms with van der Waals surface area (Å²) in [5, 5.41) is 3.31. The van der Waals surface area contributed by atoms with Crippen LogP contribution >= 0.6 is 0 Å². The molecule has 0 fully saturated rings. The number of rotatable bonds is 4. The van der Waals surface area contributed by atoms with E-state index in [0.717, 1.165) is 18.2 Å². The van der Waals surface area contributed by atoms with Crippen molar-refractivity contribution in [2.75, 3.05) is 0 Å². The summed E-state index contributed by atoms with van der Waals surface area (Å²) in [5.41, 5.74) is 2.10. The van der Waals surface area contributed by atoms with E-state index in [-0.39, 0.29) is 0 Å². The molecule has 0 bridgehead atoms. The molecule has 0 saturated heterocycles. The Morgan fingerprint density at radius 1 is 1.00 bits per heavy atom.